The fraction of sp³-hybridized carbons (Fsp3) is 0.333. The molecule has 0 spiro atoms. The number of carbonyl (C=O) groups excluding carboxylic acids is 2. The minimum absolute atomic E-state index is 0.148. The highest BCUT2D eigenvalue weighted by molar-refractivity contribution is 5.94. The van der Waals surface area contributed by atoms with Gasteiger partial charge < -0.3 is 19.0 Å². The summed E-state index contributed by atoms with van der Waals surface area (Å²) in [6.07, 6.45) is 2.55. The molecule has 3 heterocycles. The second kappa shape index (κ2) is 4.21. The number of H-pyrrole nitrogens is 1. The number of fused-ring (bicyclic) bond motifs is 1. The molecule has 1 aliphatic heterocycles. The third-order valence-corrected chi connectivity index (χ3v) is 3.00. The van der Waals surface area contributed by atoms with Gasteiger partial charge in [0.05, 0.1) is 11.8 Å². The zero-order chi connectivity index (χ0) is 12.5. The summed E-state index contributed by atoms with van der Waals surface area (Å²) in [6, 6.07) is 3.28. The number of amides is 1. The van der Waals surface area contributed by atoms with Crippen molar-refractivity contribution in [2.45, 2.75) is 6.42 Å². The van der Waals surface area contributed by atoms with Crippen LogP contribution >= 0.6 is 0 Å². The van der Waals surface area contributed by atoms with E-state index in [0.29, 0.717) is 11.3 Å². The summed E-state index contributed by atoms with van der Waals surface area (Å²) in [6.45, 7) is 1.30. The normalized spacial score (nSPS) is 14.6. The number of hydrogen-bond acceptors (Lipinski definition) is 4. The van der Waals surface area contributed by atoms with Crippen molar-refractivity contribution >= 4 is 23.0 Å². The Morgan fingerprint density at radius 1 is 1.44 bits per heavy atom. The van der Waals surface area contributed by atoms with Crippen molar-refractivity contribution in [3.63, 3.8) is 0 Å². The Morgan fingerprint density at radius 2 is 2.28 bits per heavy atom. The van der Waals surface area contributed by atoms with Crippen LogP contribution in [0, 0.1) is 0 Å². The number of esters is 1. The molecule has 1 N–H and O–H groups in total. The van der Waals surface area contributed by atoms with Crippen molar-refractivity contribution in [1.29, 1.82) is 0 Å². The molecule has 2 aromatic heterocycles. The van der Waals surface area contributed by atoms with Crippen LogP contribution < -0.4 is 0 Å². The monoisotopic (exact) mass is 248 g/mol. The van der Waals surface area contributed by atoms with Gasteiger partial charge in [0.1, 0.15) is 5.69 Å². The second-order valence-electron chi connectivity index (χ2n) is 4.19. The van der Waals surface area contributed by atoms with Gasteiger partial charge >= 0.3 is 5.97 Å². The van der Waals surface area contributed by atoms with E-state index in [1.54, 1.807) is 17.0 Å². The molecule has 1 aliphatic rings. The van der Waals surface area contributed by atoms with Crippen LogP contribution in [-0.2, 0) is 9.53 Å². The highest BCUT2D eigenvalue weighted by Crippen LogP contribution is 2.16. The fourth-order valence-corrected chi connectivity index (χ4v) is 1.82. The molecule has 18 heavy (non-hydrogen) atoms. The van der Waals surface area contributed by atoms with Crippen LogP contribution in [0.4, 0.5) is 0 Å². The molecule has 6 nitrogen and oxygen atoms in total. The summed E-state index contributed by atoms with van der Waals surface area (Å²) in [5, 5.41) is 0. The molecule has 0 saturated carbocycles. The van der Waals surface area contributed by atoms with Crippen LogP contribution in [0.2, 0.25) is 0 Å². The van der Waals surface area contributed by atoms with E-state index in [2.05, 4.69) is 4.98 Å². The van der Waals surface area contributed by atoms with Gasteiger partial charge in [-0.15, -0.1) is 0 Å². The first-order valence-corrected chi connectivity index (χ1v) is 5.75. The number of ether oxygens (including phenoxy) is 1. The molecule has 1 fully saturated rings. The average Bonchev–Trinajstić information content (AvgIpc) is 2.82. The highest BCUT2D eigenvalue weighted by atomic mass is 16.5. The summed E-state index contributed by atoms with van der Waals surface area (Å²) in [5.41, 5.74) is 1.62. The largest absolute Gasteiger partial charge is 0.463 e. The Hall–Kier alpha value is -2.24. The molecule has 2 aromatic rings. The smallest absolute Gasteiger partial charge is 0.355 e. The first kappa shape index (κ1) is 10.9. The fourth-order valence-electron chi connectivity index (χ4n) is 1.82. The van der Waals surface area contributed by atoms with E-state index < -0.39 is 5.97 Å². The second-order valence-corrected chi connectivity index (χ2v) is 4.19. The number of nitrogens with one attached hydrogen (secondary N) is 1. The quantitative estimate of drug-likeness (QED) is 0.827. The lowest BCUT2D eigenvalue weighted by Crippen LogP contribution is -2.44. The number of aromatic nitrogens is 1. The minimum atomic E-state index is -0.546. The lowest BCUT2D eigenvalue weighted by Gasteiger charge is -2.30. The van der Waals surface area contributed by atoms with Crippen LogP contribution in [0.3, 0.4) is 0 Å². The number of hydrogen-bond donors (Lipinski definition) is 1. The summed E-state index contributed by atoms with van der Waals surface area (Å²) >= 11 is 0. The van der Waals surface area contributed by atoms with Crippen LogP contribution in [0.25, 0.3) is 11.1 Å². The summed E-state index contributed by atoms with van der Waals surface area (Å²) in [7, 11) is 0. The molecule has 0 radical (unpaired) electrons. The third kappa shape index (κ3) is 1.85. The Bertz CT molecular complexity index is 566. The van der Waals surface area contributed by atoms with E-state index in [0.717, 1.165) is 25.0 Å². The molecule has 3 rings (SSSR count). The van der Waals surface area contributed by atoms with E-state index in [-0.39, 0.29) is 12.5 Å². The molecule has 0 unspecified atom stereocenters. The highest BCUT2D eigenvalue weighted by Gasteiger charge is 2.22. The van der Waals surface area contributed by atoms with Crippen molar-refractivity contribution in [3.05, 3.63) is 24.1 Å². The first-order chi connectivity index (χ1) is 8.74. The zero-order valence-corrected chi connectivity index (χ0v) is 9.64. The van der Waals surface area contributed by atoms with Crippen LogP contribution in [0.15, 0.2) is 22.8 Å². The number of furan rings is 1. The summed E-state index contributed by atoms with van der Waals surface area (Å²) in [4.78, 5) is 27.7. The van der Waals surface area contributed by atoms with Crippen molar-refractivity contribution < 1.29 is 18.7 Å². The molecule has 94 valence electrons. The van der Waals surface area contributed by atoms with E-state index >= 15 is 0 Å². The van der Waals surface area contributed by atoms with Gasteiger partial charge in [0, 0.05) is 25.2 Å². The number of aromatic amines is 1. The maximum atomic E-state index is 11.7. The summed E-state index contributed by atoms with van der Waals surface area (Å²) in [5.74, 6) is -0.694. The van der Waals surface area contributed by atoms with Gasteiger partial charge in [-0.2, -0.15) is 0 Å². The van der Waals surface area contributed by atoms with E-state index in [4.69, 9.17) is 9.15 Å². The van der Waals surface area contributed by atoms with Gasteiger partial charge in [0.2, 0.25) is 0 Å². The topological polar surface area (TPSA) is 75.5 Å². The first-order valence-electron chi connectivity index (χ1n) is 5.75. The Morgan fingerprint density at radius 3 is 2.94 bits per heavy atom. The Labute approximate surface area is 102 Å². The molecule has 0 aliphatic carbocycles. The molecule has 1 saturated heterocycles. The van der Waals surface area contributed by atoms with Crippen molar-refractivity contribution in [3.8, 4) is 0 Å². The Balaban J connectivity index is 1.60. The van der Waals surface area contributed by atoms with Gasteiger partial charge in [-0.25, -0.2) is 4.79 Å². The predicted octanol–water partition coefficient (Wildman–Crippen LogP) is 1.15. The van der Waals surface area contributed by atoms with E-state index in [1.165, 1.54) is 6.26 Å². The number of carbonyl (C=O) groups is 2. The zero-order valence-electron chi connectivity index (χ0n) is 9.64. The molecule has 0 aromatic carbocycles. The van der Waals surface area contributed by atoms with Crippen LogP contribution in [-0.4, -0.2) is 41.5 Å². The van der Waals surface area contributed by atoms with Gasteiger partial charge in [-0.1, -0.05) is 0 Å². The molecule has 1 amide bonds. The maximum Gasteiger partial charge on any atom is 0.355 e. The number of likely N-dealkylation sites (tertiary alicyclic amines) is 1. The van der Waals surface area contributed by atoms with Gasteiger partial charge in [-0.3, -0.25) is 4.79 Å². The average molecular weight is 248 g/mol. The number of rotatable bonds is 3. The Kier molecular flexibility index (Phi) is 2.55. The minimum Gasteiger partial charge on any atom is -0.463 e. The lowest BCUT2D eigenvalue weighted by molar-refractivity contribution is -0.137. The maximum absolute atomic E-state index is 11.7. The molecular formula is C12H12N2O4. The van der Waals surface area contributed by atoms with Gasteiger partial charge in [-0.05, 0) is 6.42 Å². The molecular weight excluding hydrogens is 236 g/mol. The number of nitrogens with zero attached hydrogens (tertiary/aromatic N) is 1. The molecule has 0 bridgehead atoms. The summed E-state index contributed by atoms with van der Waals surface area (Å²) < 4.78 is 10.1. The SMILES string of the molecule is O=C(OCC(=O)N1CCC1)c1cc2occc2[nH]1. The van der Waals surface area contributed by atoms with Gasteiger partial charge in [0.25, 0.3) is 5.91 Å². The van der Waals surface area contributed by atoms with E-state index in [9.17, 15) is 9.59 Å². The molecule has 0 atom stereocenters. The van der Waals surface area contributed by atoms with E-state index in [1.807, 2.05) is 0 Å². The van der Waals surface area contributed by atoms with Crippen LogP contribution in [0.5, 0.6) is 0 Å². The standard InChI is InChI=1S/C12H12N2O4/c15-11(14-3-1-4-14)7-18-12(16)9-6-10-8(13-9)2-5-17-10/h2,5-6,13H,1,3-4,7H2. The lowest BCUT2D eigenvalue weighted by atomic mass is 10.2. The van der Waals surface area contributed by atoms with Gasteiger partial charge in [0.15, 0.2) is 12.2 Å². The van der Waals surface area contributed by atoms with Crippen molar-refractivity contribution in [2.24, 2.45) is 0 Å². The van der Waals surface area contributed by atoms with Crippen molar-refractivity contribution in [1.82, 2.24) is 9.88 Å². The predicted molar refractivity (Wildman–Crippen MR) is 62.0 cm³/mol. The third-order valence-electron chi connectivity index (χ3n) is 3.00. The van der Waals surface area contributed by atoms with Crippen LogP contribution in [0.1, 0.15) is 16.9 Å². The molecule has 6 heteroatoms. The van der Waals surface area contributed by atoms with Crippen molar-refractivity contribution in [2.75, 3.05) is 19.7 Å².